The molecule has 1 amide bonds. The highest BCUT2D eigenvalue weighted by atomic mass is 16.1. The molecule has 0 saturated heterocycles. The smallest absolute Gasteiger partial charge is 0.216 e. The summed E-state index contributed by atoms with van der Waals surface area (Å²) in [6, 6.07) is 0.602. The lowest BCUT2D eigenvalue weighted by molar-refractivity contribution is -0.118. The van der Waals surface area contributed by atoms with E-state index in [1.807, 2.05) is 6.20 Å². The summed E-state index contributed by atoms with van der Waals surface area (Å²) in [5.41, 5.74) is 1.26. The lowest BCUT2D eigenvalue weighted by Gasteiger charge is -2.24. The van der Waals surface area contributed by atoms with Crippen molar-refractivity contribution in [2.45, 2.75) is 71.3 Å². The van der Waals surface area contributed by atoms with Crippen molar-refractivity contribution < 1.29 is 4.79 Å². The molecule has 0 unspecified atom stereocenters. The standard InChI is InChI=1S/C16H27N3O/c1-13-12-18-16(10-11-17-14(2)20)19(13)15-8-6-4-3-5-7-9-15/h12,15H,3-11H2,1-2H3,(H,17,20). The van der Waals surface area contributed by atoms with E-state index in [4.69, 9.17) is 0 Å². The molecule has 20 heavy (non-hydrogen) atoms. The molecule has 0 bridgehead atoms. The molecular formula is C16H27N3O. The number of aromatic nitrogens is 2. The topological polar surface area (TPSA) is 46.9 Å². The predicted octanol–water partition coefficient (Wildman–Crippen LogP) is 3.16. The van der Waals surface area contributed by atoms with Gasteiger partial charge in [0.05, 0.1) is 0 Å². The average Bonchev–Trinajstić information content (AvgIpc) is 2.71. The van der Waals surface area contributed by atoms with Crippen LogP contribution in [0, 0.1) is 6.92 Å². The molecule has 0 radical (unpaired) electrons. The van der Waals surface area contributed by atoms with E-state index in [0.29, 0.717) is 12.6 Å². The second-order valence-electron chi connectivity index (χ2n) is 5.92. The van der Waals surface area contributed by atoms with Crippen LogP contribution in [0.25, 0.3) is 0 Å². The van der Waals surface area contributed by atoms with Gasteiger partial charge < -0.3 is 9.88 Å². The summed E-state index contributed by atoms with van der Waals surface area (Å²) in [6.07, 6.45) is 12.1. The quantitative estimate of drug-likeness (QED) is 0.919. The lowest BCUT2D eigenvalue weighted by atomic mass is 9.96. The molecule has 112 valence electrons. The fourth-order valence-electron chi connectivity index (χ4n) is 3.22. The van der Waals surface area contributed by atoms with Crippen LogP contribution in [0.4, 0.5) is 0 Å². The van der Waals surface area contributed by atoms with Crippen LogP contribution in [0.1, 0.15) is 69.4 Å². The number of hydrogen-bond donors (Lipinski definition) is 1. The van der Waals surface area contributed by atoms with Crippen molar-refractivity contribution >= 4 is 5.91 Å². The minimum Gasteiger partial charge on any atom is -0.356 e. The molecule has 0 atom stereocenters. The van der Waals surface area contributed by atoms with Gasteiger partial charge in [0.15, 0.2) is 0 Å². The van der Waals surface area contributed by atoms with Crippen molar-refractivity contribution in [2.75, 3.05) is 6.54 Å². The van der Waals surface area contributed by atoms with Crippen molar-refractivity contribution in [3.8, 4) is 0 Å². The zero-order chi connectivity index (χ0) is 14.4. The van der Waals surface area contributed by atoms with Gasteiger partial charge in [-0.25, -0.2) is 4.98 Å². The number of rotatable bonds is 4. The largest absolute Gasteiger partial charge is 0.356 e. The van der Waals surface area contributed by atoms with Gasteiger partial charge in [0.2, 0.25) is 5.91 Å². The third kappa shape index (κ3) is 4.09. The maximum Gasteiger partial charge on any atom is 0.216 e. The Bertz CT molecular complexity index is 431. The van der Waals surface area contributed by atoms with Gasteiger partial charge in [-0.3, -0.25) is 4.79 Å². The molecule has 0 spiro atoms. The number of carbonyl (C=O) groups is 1. The maximum atomic E-state index is 11.0. The lowest BCUT2D eigenvalue weighted by Crippen LogP contribution is -2.24. The van der Waals surface area contributed by atoms with Crippen molar-refractivity contribution in [1.82, 2.24) is 14.9 Å². The van der Waals surface area contributed by atoms with Crippen molar-refractivity contribution in [3.63, 3.8) is 0 Å². The van der Waals surface area contributed by atoms with Gasteiger partial charge in [-0.1, -0.05) is 32.1 Å². The van der Waals surface area contributed by atoms with E-state index in [0.717, 1.165) is 12.2 Å². The number of nitrogens with zero attached hydrogens (tertiary/aromatic N) is 2. The first-order chi connectivity index (χ1) is 9.68. The summed E-state index contributed by atoms with van der Waals surface area (Å²) in [4.78, 5) is 15.5. The Labute approximate surface area is 122 Å². The number of carbonyl (C=O) groups excluding carboxylic acids is 1. The number of aryl methyl sites for hydroxylation is 1. The van der Waals surface area contributed by atoms with E-state index in [2.05, 4.69) is 21.8 Å². The molecule has 1 aromatic heterocycles. The molecule has 4 heteroatoms. The molecule has 1 aliphatic rings. The number of imidazole rings is 1. The molecule has 2 rings (SSSR count). The van der Waals surface area contributed by atoms with Crippen LogP contribution in [0.3, 0.4) is 0 Å². The van der Waals surface area contributed by atoms with Crippen LogP contribution in [-0.2, 0) is 11.2 Å². The predicted molar refractivity (Wildman–Crippen MR) is 80.7 cm³/mol. The Morgan fingerprint density at radius 3 is 2.60 bits per heavy atom. The minimum absolute atomic E-state index is 0.0331. The van der Waals surface area contributed by atoms with E-state index >= 15 is 0 Å². The summed E-state index contributed by atoms with van der Waals surface area (Å²) < 4.78 is 2.42. The molecule has 1 saturated carbocycles. The fourth-order valence-corrected chi connectivity index (χ4v) is 3.22. The molecule has 1 aliphatic carbocycles. The number of amides is 1. The molecule has 0 aliphatic heterocycles. The van der Waals surface area contributed by atoms with E-state index in [1.54, 1.807) is 6.92 Å². The second kappa shape index (κ2) is 7.46. The molecule has 1 fully saturated rings. The van der Waals surface area contributed by atoms with E-state index in [9.17, 15) is 4.79 Å². The second-order valence-corrected chi connectivity index (χ2v) is 5.92. The Morgan fingerprint density at radius 1 is 1.30 bits per heavy atom. The summed E-state index contributed by atoms with van der Waals surface area (Å²) in [5, 5.41) is 2.86. The molecule has 0 aromatic carbocycles. The van der Waals surface area contributed by atoms with Gasteiger partial charge in [0, 0.05) is 37.8 Å². The zero-order valence-corrected chi connectivity index (χ0v) is 12.8. The molecule has 1 aromatic rings. The average molecular weight is 277 g/mol. The van der Waals surface area contributed by atoms with E-state index in [-0.39, 0.29) is 5.91 Å². The van der Waals surface area contributed by atoms with Gasteiger partial charge in [-0.15, -0.1) is 0 Å². The van der Waals surface area contributed by atoms with Gasteiger partial charge in [-0.05, 0) is 19.8 Å². The highest BCUT2D eigenvalue weighted by Gasteiger charge is 2.18. The SMILES string of the molecule is CC(=O)NCCc1ncc(C)n1C1CCCCCCC1. The Hall–Kier alpha value is -1.32. The molecule has 4 nitrogen and oxygen atoms in total. The Morgan fingerprint density at radius 2 is 1.95 bits per heavy atom. The highest BCUT2D eigenvalue weighted by Crippen LogP contribution is 2.28. The van der Waals surface area contributed by atoms with Crippen molar-refractivity contribution in [3.05, 3.63) is 17.7 Å². The number of hydrogen-bond acceptors (Lipinski definition) is 2. The monoisotopic (exact) mass is 277 g/mol. The Balaban J connectivity index is 2.04. The van der Waals surface area contributed by atoms with Gasteiger partial charge >= 0.3 is 0 Å². The Kier molecular flexibility index (Phi) is 5.62. The van der Waals surface area contributed by atoms with Crippen LogP contribution >= 0.6 is 0 Å². The summed E-state index contributed by atoms with van der Waals surface area (Å²) in [5.74, 6) is 1.16. The first kappa shape index (κ1) is 15.1. The summed E-state index contributed by atoms with van der Waals surface area (Å²) in [6.45, 7) is 4.39. The third-order valence-corrected chi connectivity index (χ3v) is 4.22. The highest BCUT2D eigenvalue weighted by molar-refractivity contribution is 5.72. The van der Waals surface area contributed by atoms with Crippen LogP contribution in [0.5, 0.6) is 0 Å². The van der Waals surface area contributed by atoms with Gasteiger partial charge in [-0.2, -0.15) is 0 Å². The molecule has 1 heterocycles. The van der Waals surface area contributed by atoms with Crippen LogP contribution in [0.2, 0.25) is 0 Å². The van der Waals surface area contributed by atoms with Crippen molar-refractivity contribution in [1.29, 1.82) is 0 Å². The fraction of sp³-hybridized carbons (Fsp3) is 0.750. The first-order valence-electron chi connectivity index (χ1n) is 7.95. The van der Waals surface area contributed by atoms with Crippen molar-refractivity contribution in [2.24, 2.45) is 0 Å². The zero-order valence-electron chi connectivity index (χ0n) is 12.8. The molecular weight excluding hydrogens is 250 g/mol. The van der Waals surface area contributed by atoms with Crippen LogP contribution < -0.4 is 5.32 Å². The number of nitrogens with one attached hydrogen (secondary N) is 1. The van der Waals surface area contributed by atoms with Gasteiger partial charge in [0.1, 0.15) is 5.82 Å². The molecule has 1 N–H and O–H groups in total. The van der Waals surface area contributed by atoms with Gasteiger partial charge in [0.25, 0.3) is 0 Å². The normalized spacial score (nSPS) is 17.5. The van der Waals surface area contributed by atoms with Crippen LogP contribution in [0.15, 0.2) is 6.20 Å². The van der Waals surface area contributed by atoms with Crippen LogP contribution in [-0.4, -0.2) is 22.0 Å². The maximum absolute atomic E-state index is 11.0. The van der Waals surface area contributed by atoms with E-state index < -0.39 is 0 Å². The van der Waals surface area contributed by atoms with E-state index in [1.165, 1.54) is 50.6 Å². The summed E-state index contributed by atoms with van der Waals surface area (Å²) >= 11 is 0. The first-order valence-corrected chi connectivity index (χ1v) is 7.95. The minimum atomic E-state index is 0.0331. The third-order valence-electron chi connectivity index (χ3n) is 4.22. The summed E-state index contributed by atoms with van der Waals surface area (Å²) in [7, 11) is 0.